The first-order valence-corrected chi connectivity index (χ1v) is 4.67. The van der Waals surface area contributed by atoms with Crippen LogP contribution in [0.2, 0.25) is 0 Å². The Hall–Kier alpha value is -0.540. The number of likely N-dealkylation sites (N-methyl/N-ethyl adjacent to an activating group) is 1. The number of hydrogen-bond acceptors (Lipinski definition) is 2. The zero-order chi connectivity index (χ0) is 8.72. The van der Waals surface area contributed by atoms with Gasteiger partial charge in [-0.15, -0.1) is 0 Å². The lowest BCUT2D eigenvalue weighted by atomic mass is 10.2. The van der Waals surface area contributed by atoms with Crippen molar-refractivity contribution >= 4 is 21.6 Å². The largest absolute Gasteiger partial charge is 0.373 e. The Bertz CT molecular complexity index is 313. The van der Waals surface area contributed by atoms with Gasteiger partial charge in [-0.1, -0.05) is 15.9 Å². The van der Waals surface area contributed by atoms with Crippen molar-refractivity contribution in [2.45, 2.75) is 12.6 Å². The second kappa shape index (κ2) is 2.75. The average Bonchev–Trinajstić information content (AvgIpc) is 2.28. The van der Waals surface area contributed by atoms with E-state index in [9.17, 15) is 5.11 Å². The number of benzene rings is 1. The maximum Gasteiger partial charge on any atom is 0.130 e. The molecule has 3 heteroatoms. The highest BCUT2D eigenvalue weighted by Gasteiger charge is 2.23. The van der Waals surface area contributed by atoms with Gasteiger partial charge in [-0.3, -0.25) is 0 Å². The van der Waals surface area contributed by atoms with Gasteiger partial charge in [-0.2, -0.15) is 0 Å². The number of aliphatic hydroxyl groups excluding tert-OH is 1. The maximum atomic E-state index is 9.52. The lowest BCUT2D eigenvalue weighted by molar-refractivity contribution is 0.185. The smallest absolute Gasteiger partial charge is 0.130 e. The topological polar surface area (TPSA) is 23.5 Å². The molecule has 1 aliphatic heterocycles. The molecule has 0 fully saturated rings. The molecule has 64 valence electrons. The van der Waals surface area contributed by atoms with Crippen LogP contribution in [0.4, 0.5) is 5.69 Å². The third-order valence-corrected chi connectivity index (χ3v) is 2.76. The summed E-state index contributed by atoms with van der Waals surface area (Å²) in [5.74, 6) is 0. The third-order valence-electron chi connectivity index (χ3n) is 2.27. The summed E-state index contributed by atoms with van der Waals surface area (Å²) in [6.45, 7) is 0. The molecule has 1 aromatic carbocycles. The molecule has 1 aromatic rings. The van der Waals surface area contributed by atoms with Gasteiger partial charge in [-0.25, -0.2) is 0 Å². The Kier molecular flexibility index (Phi) is 1.85. The third kappa shape index (κ3) is 1.13. The molecule has 1 atom stereocenters. The van der Waals surface area contributed by atoms with Gasteiger partial charge in [0.25, 0.3) is 0 Å². The van der Waals surface area contributed by atoms with Crippen LogP contribution in [0.3, 0.4) is 0 Å². The summed E-state index contributed by atoms with van der Waals surface area (Å²) >= 11 is 3.40. The van der Waals surface area contributed by atoms with E-state index in [0.717, 1.165) is 16.6 Å². The molecule has 0 aromatic heterocycles. The number of hydrogen-bond donors (Lipinski definition) is 1. The van der Waals surface area contributed by atoms with Gasteiger partial charge in [0.15, 0.2) is 0 Å². The van der Waals surface area contributed by atoms with Crippen LogP contribution in [0.25, 0.3) is 0 Å². The second-order valence-electron chi connectivity index (χ2n) is 3.07. The predicted molar refractivity (Wildman–Crippen MR) is 52.3 cm³/mol. The highest BCUT2D eigenvalue weighted by atomic mass is 79.9. The summed E-state index contributed by atoms with van der Waals surface area (Å²) in [7, 11) is 1.91. The van der Waals surface area contributed by atoms with E-state index in [2.05, 4.69) is 22.0 Å². The number of nitrogens with zero attached hydrogens (tertiary/aromatic N) is 1. The van der Waals surface area contributed by atoms with Crippen LogP contribution in [0.5, 0.6) is 0 Å². The minimum Gasteiger partial charge on any atom is -0.373 e. The summed E-state index contributed by atoms with van der Waals surface area (Å²) in [6.07, 6.45) is 0.375. The summed E-state index contributed by atoms with van der Waals surface area (Å²) in [5, 5.41) is 9.52. The van der Waals surface area contributed by atoms with E-state index < -0.39 is 0 Å². The first-order valence-electron chi connectivity index (χ1n) is 3.88. The van der Waals surface area contributed by atoms with Crippen molar-refractivity contribution in [3.8, 4) is 0 Å². The Morgan fingerprint density at radius 3 is 3.08 bits per heavy atom. The molecule has 0 radical (unpaired) electrons. The molecule has 1 N–H and O–H groups in total. The van der Waals surface area contributed by atoms with Crippen molar-refractivity contribution in [3.05, 3.63) is 28.2 Å². The fraction of sp³-hybridized carbons (Fsp3) is 0.333. The van der Waals surface area contributed by atoms with Crippen molar-refractivity contribution in [3.63, 3.8) is 0 Å². The zero-order valence-corrected chi connectivity index (χ0v) is 8.37. The molecular weight excluding hydrogens is 218 g/mol. The lowest BCUT2D eigenvalue weighted by Crippen LogP contribution is -2.26. The van der Waals surface area contributed by atoms with Gasteiger partial charge in [0, 0.05) is 23.6 Å². The molecule has 1 heterocycles. The van der Waals surface area contributed by atoms with E-state index in [-0.39, 0.29) is 6.23 Å². The highest BCUT2D eigenvalue weighted by Crippen LogP contribution is 2.31. The normalized spacial score (nSPS) is 21.2. The van der Waals surface area contributed by atoms with Gasteiger partial charge < -0.3 is 10.0 Å². The first-order chi connectivity index (χ1) is 5.68. The van der Waals surface area contributed by atoms with Gasteiger partial charge in [0.1, 0.15) is 6.23 Å². The second-order valence-corrected chi connectivity index (χ2v) is 3.98. The number of fused-ring (bicyclic) bond motifs is 1. The van der Waals surface area contributed by atoms with Crippen molar-refractivity contribution < 1.29 is 5.11 Å². The molecule has 0 saturated carbocycles. The van der Waals surface area contributed by atoms with Crippen molar-refractivity contribution in [1.82, 2.24) is 0 Å². The van der Waals surface area contributed by atoms with Crippen LogP contribution in [0, 0.1) is 0 Å². The number of anilines is 1. The van der Waals surface area contributed by atoms with Crippen LogP contribution in [-0.4, -0.2) is 18.4 Å². The number of aliphatic hydroxyl groups is 1. The molecule has 0 bridgehead atoms. The van der Waals surface area contributed by atoms with Crippen molar-refractivity contribution in [2.75, 3.05) is 11.9 Å². The maximum absolute atomic E-state index is 9.52. The van der Waals surface area contributed by atoms with E-state index in [0.29, 0.717) is 0 Å². The number of halogens is 1. The van der Waals surface area contributed by atoms with Crippen LogP contribution in [0.15, 0.2) is 22.7 Å². The van der Waals surface area contributed by atoms with E-state index in [1.54, 1.807) is 0 Å². The summed E-state index contributed by atoms with van der Waals surface area (Å²) in [6, 6.07) is 6.07. The minimum absolute atomic E-state index is 0.353. The predicted octanol–water partition coefficient (Wildman–Crippen LogP) is 1.76. The Morgan fingerprint density at radius 2 is 2.33 bits per heavy atom. The minimum atomic E-state index is -0.353. The van der Waals surface area contributed by atoms with Crippen molar-refractivity contribution in [2.24, 2.45) is 0 Å². The zero-order valence-electron chi connectivity index (χ0n) is 6.79. The van der Waals surface area contributed by atoms with Crippen LogP contribution in [0.1, 0.15) is 5.56 Å². The van der Waals surface area contributed by atoms with Crippen LogP contribution >= 0.6 is 15.9 Å². The van der Waals surface area contributed by atoms with E-state index >= 15 is 0 Å². The summed E-state index contributed by atoms with van der Waals surface area (Å²) in [4.78, 5) is 1.89. The van der Waals surface area contributed by atoms with Gasteiger partial charge in [0.05, 0.1) is 0 Å². The Balaban J connectivity index is 2.47. The van der Waals surface area contributed by atoms with Gasteiger partial charge in [0.2, 0.25) is 0 Å². The SMILES string of the molecule is CN1c2ccc(Br)cc2CC1O. The van der Waals surface area contributed by atoms with E-state index in [4.69, 9.17) is 0 Å². The number of rotatable bonds is 0. The van der Waals surface area contributed by atoms with Gasteiger partial charge in [-0.05, 0) is 23.8 Å². The monoisotopic (exact) mass is 227 g/mol. The molecule has 0 saturated heterocycles. The highest BCUT2D eigenvalue weighted by molar-refractivity contribution is 9.10. The molecular formula is C9H10BrNO. The molecule has 1 aliphatic rings. The van der Waals surface area contributed by atoms with Crippen molar-refractivity contribution in [1.29, 1.82) is 0 Å². The quantitative estimate of drug-likeness (QED) is 0.731. The molecule has 0 aliphatic carbocycles. The average molecular weight is 228 g/mol. The molecule has 2 rings (SSSR count). The molecule has 0 spiro atoms. The molecule has 12 heavy (non-hydrogen) atoms. The van der Waals surface area contributed by atoms with Gasteiger partial charge >= 0.3 is 0 Å². The summed E-state index contributed by atoms with van der Waals surface area (Å²) in [5.41, 5.74) is 2.34. The summed E-state index contributed by atoms with van der Waals surface area (Å²) < 4.78 is 1.07. The standard InChI is InChI=1S/C9H10BrNO/c1-11-8-3-2-7(10)4-6(8)5-9(11)12/h2-4,9,12H,5H2,1H3. The lowest BCUT2D eigenvalue weighted by Gasteiger charge is -2.16. The molecule has 1 unspecified atom stereocenters. The van der Waals surface area contributed by atoms with E-state index in [1.165, 1.54) is 5.56 Å². The fourth-order valence-electron chi connectivity index (χ4n) is 1.56. The molecule has 0 amide bonds. The first kappa shape index (κ1) is 8.08. The fourth-order valence-corrected chi connectivity index (χ4v) is 1.96. The van der Waals surface area contributed by atoms with E-state index in [1.807, 2.05) is 24.1 Å². The van der Waals surface area contributed by atoms with Crippen LogP contribution in [-0.2, 0) is 6.42 Å². The Labute approximate surface area is 79.9 Å². The van der Waals surface area contributed by atoms with Crippen LogP contribution < -0.4 is 4.90 Å². The molecule has 2 nitrogen and oxygen atoms in total. The Morgan fingerprint density at radius 1 is 1.58 bits per heavy atom.